The Kier molecular flexibility index (Phi) is 5.20. The van der Waals surface area contributed by atoms with E-state index in [4.69, 9.17) is 4.42 Å². The molecule has 27 heavy (non-hydrogen) atoms. The van der Waals surface area contributed by atoms with Gasteiger partial charge in [-0.05, 0) is 36.2 Å². The first-order chi connectivity index (χ1) is 13.2. The van der Waals surface area contributed by atoms with Crippen LogP contribution >= 0.6 is 11.8 Å². The Morgan fingerprint density at radius 3 is 2.70 bits per heavy atom. The lowest BCUT2D eigenvalue weighted by molar-refractivity contribution is 0.461. The fourth-order valence-corrected chi connectivity index (χ4v) is 3.68. The number of aromatic nitrogens is 4. The Balaban J connectivity index is 1.70. The zero-order valence-corrected chi connectivity index (χ0v) is 15.7. The minimum absolute atomic E-state index is 0.250. The first-order valence-electron chi connectivity index (χ1n) is 8.91. The maximum absolute atomic E-state index is 13.2. The normalized spacial score (nSPS) is 11.3. The lowest BCUT2D eigenvalue weighted by Gasteiger charge is -2.07. The minimum Gasteiger partial charge on any atom is -0.408 e. The first kappa shape index (κ1) is 17.7. The largest absolute Gasteiger partial charge is 0.408 e. The molecular weight excluding hydrogens is 363 g/mol. The summed E-state index contributed by atoms with van der Waals surface area (Å²) < 4.78 is 21.1. The molecule has 2 aromatic heterocycles. The van der Waals surface area contributed by atoms with Crippen LogP contribution in [0.2, 0.25) is 0 Å². The summed E-state index contributed by atoms with van der Waals surface area (Å²) in [5.41, 5.74) is 2.79. The number of fused-ring (bicyclic) bond motifs is 1. The zero-order valence-electron chi connectivity index (χ0n) is 14.9. The molecule has 0 amide bonds. The molecule has 0 unspecified atom stereocenters. The molecule has 5 nitrogen and oxygen atoms in total. The van der Waals surface area contributed by atoms with Crippen LogP contribution in [-0.2, 0) is 6.54 Å². The highest BCUT2D eigenvalue weighted by molar-refractivity contribution is 7.99. The maximum atomic E-state index is 13.2. The van der Waals surface area contributed by atoms with Crippen LogP contribution in [0.5, 0.6) is 0 Å². The molecular formula is C20H19FN4OS. The molecule has 0 saturated carbocycles. The van der Waals surface area contributed by atoms with Gasteiger partial charge in [0.25, 0.3) is 11.1 Å². The van der Waals surface area contributed by atoms with Crippen molar-refractivity contribution >= 4 is 22.8 Å². The van der Waals surface area contributed by atoms with E-state index in [1.165, 1.54) is 12.1 Å². The molecule has 0 fully saturated rings. The molecule has 2 heterocycles. The van der Waals surface area contributed by atoms with Crippen LogP contribution in [0.25, 0.3) is 22.7 Å². The summed E-state index contributed by atoms with van der Waals surface area (Å²) in [5.74, 6) is 1.72. The molecule has 0 aliphatic heterocycles. The molecule has 0 N–H and O–H groups in total. The highest BCUT2D eigenvalue weighted by Crippen LogP contribution is 2.27. The van der Waals surface area contributed by atoms with E-state index < -0.39 is 0 Å². The van der Waals surface area contributed by atoms with Crippen molar-refractivity contribution in [3.05, 3.63) is 59.9 Å². The summed E-state index contributed by atoms with van der Waals surface area (Å²) in [7, 11) is 0. The van der Waals surface area contributed by atoms with Gasteiger partial charge in [-0.3, -0.25) is 0 Å². The highest BCUT2D eigenvalue weighted by atomic mass is 32.2. The number of rotatable bonds is 7. The van der Waals surface area contributed by atoms with Gasteiger partial charge in [0.2, 0.25) is 0 Å². The van der Waals surface area contributed by atoms with E-state index >= 15 is 0 Å². The minimum atomic E-state index is -0.250. The molecule has 0 aliphatic carbocycles. The number of halogens is 1. The number of imidazole rings is 1. The van der Waals surface area contributed by atoms with Gasteiger partial charge in [0.15, 0.2) is 5.82 Å². The van der Waals surface area contributed by atoms with Gasteiger partial charge in [-0.15, -0.1) is 10.2 Å². The van der Waals surface area contributed by atoms with Crippen molar-refractivity contribution in [1.82, 2.24) is 19.7 Å². The van der Waals surface area contributed by atoms with Gasteiger partial charge < -0.3 is 8.98 Å². The molecule has 2 aromatic carbocycles. The molecule has 0 bridgehead atoms. The van der Waals surface area contributed by atoms with E-state index in [1.807, 2.05) is 28.8 Å². The molecule has 0 aliphatic rings. The molecule has 4 rings (SSSR count). The smallest absolute Gasteiger partial charge is 0.284 e. The van der Waals surface area contributed by atoms with Crippen molar-refractivity contribution in [3.63, 3.8) is 0 Å². The topological polar surface area (TPSA) is 56.7 Å². The predicted octanol–water partition coefficient (Wildman–Crippen LogP) is 5.17. The summed E-state index contributed by atoms with van der Waals surface area (Å²) in [6, 6.07) is 14.3. The van der Waals surface area contributed by atoms with Crippen molar-refractivity contribution in [2.75, 3.05) is 5.75 Å². The lowest BCUT2D eigenvalue weighted by Crippen LogP contribution is -2.02. The number of hydrogen-bond donors (Lipinski definition) is 0. The summed E-state index contributed by atoms with van der Waals surface area (Å²) in [6.45, 7) is 2.69. The summed E-state index contributed by atoms with van der Waals surface area (Å²) in [6.07, 6.45) is 2.23. The zero-order chi connectivity index (χ0) is 18.6. The summed E-state index contributed by atoms with van der Waals surface area (Å²) >= 11 is 1.56. The van der Waals surface area contributed by atoms with Gasteiger partial charge in [0, 0.05) is 12.3 Å². The van der Waals surface area contributed by atoms with Crippen LogP contribution in [0.3, 0.4) is 0 Å². The Labute approximate surface area is 160 Å². The second-order valence-electron chi connectivity index (χ2n) is 6.21. The van der Waals surface area contributed by atoms with Crippen LogP contribution in [-0.4, -0.2) is 25.5 Å². The molecule has 4 aromatic rings. The second kappa shape index (κ2) is 7.92. The third kappa shape index (κ3) is 3.88. The average Bonchev–Trinajstić information content (AvgIpc) is 3.29. The monoisotopic (exact) mass is 382 g/mol. The Hall–Kier alpha value is -2.67. The number of nitrogens with zero attached hydrogens (tertiary/aromatic N) is 4. The number of hydrogen-bond acceptors (Lipinski definition) is 5. The van der Waals surface area contributed by atoms with Crippen LogP contribution in [0.15, 0.2) is 58.2 Å². The summed E-state index contributed by atoms with van der Waals surface area (Å²) in [4.78, 5) is 4.69. The number of thioether (sulfide) groups is 1. The number of unbranched alkanes of at least 4 members (excludes halogenated alkanes) is 1. The Morgan fingerprint density at radius 2 is 1.89 bits per heavy atom. The Bertz CT molecular complexity index is 1040. The van der Waals surface area contributed by atoms with E-state index in [1.54, 1.807) is 23.9 Å². The summed E-state index contributed by atoms with van der Waals surface area (Å²) in [5, 5.41) is 8.89. The van der Waals surface area contributed by atoms with Crippen LogP contribution in [0, 0.1) is 5.82 Å². The van der Waals surface area contributed by atoms with Crippen molar-refractivity contribution < 1.29 is 8.81 Å². The van der Waals surface area contributed by atoms with Gasteiger partial charge in [0.1, 0.15) is 5.82 Å². The molecule has 0 saturated heterocycles. The van der Waals surface area contributed by atoms with Crippen LogP contribution < -0.4 is 0 Å². The molecule has 138 valence electrons. The fraction of sp³-hybridized carbons (Fsp3) is 0.250. The molecule has 0 radical (unpaired) electrons. The third-order valence-corrected chi connectivity index (χ3v) is 5.13. The van der Waals surface area contributed by atoms with Gasteiger partial charge >= 0.3 is 0 Å². The van der Waals surface area contributed by atoms with Gasteiger partial charge in [-0.25, -0.2) is 9.37 Å². The van der Waals surface area contributed by atoms with Gasteiger partial charge in [-0.2, -0.15) is 0 Å². The van der Waals surface area contributed by atoms with Crippen molar-refractivity contribution in [2.45, 2.75) is 31.5 Å². The van der Waals surface area contributed by atoms with Crippen molar-refractivity contribution in [2.24, 2.45) is 0 Å². The van der Waals surface area contributed by atoms with Crippen LogP contribution in [0.4, 0.5) is 4.39 Å². The molecule has 7 heteroatoms. The van der Waals surface area contributed by atoms with Gasteiger partial charge in [-0.1, -0.05) is 49.4 Å². The molecule has 0 atom stereocenters. The third-order valence-electron chi connectivity index (χ3n) is 4.23. The maximum Gasteiger partial charge on any atom is 0.284 e. The quantitative estimate of drug-likeness (QED) is 0.326. The average molecular weight is 382 g/mol. The van der Waals surface area contributed by atoms with E-state index in [9.17, 15) is 4.39 Å². The second-order valence-corrected chi connectivity index (χ2v) is 7.26. The standard InChI is InChI=1S/C20H19FN4OS/c1-2-3-12-27-20-24-23-19(26-20)18-22-16-6-4-5-7-17(16)25(18)13-14-8-10-15(21)11-9-14/h4-11H,2-3,12-13H2,1H3. The number of para-hydroxylation sites is 2. The molecule has 0 spiro atoms. The predicted molar refractivity (Wildman–Crippen MR) is 104 cm³/mol. The van der Waals surface area contributed by atoms with E-state index in [2.05, 4.69) is 22.1 Å². The van der Waals surface area contributed by atoms with Gasteiger partial charge in [0.05, 0.1) is 11.0 Å². The SMILES string of the molecule is CCCCSc1nnc(-c2nc3ccccc3n2Cc2ccc(F)cc2)o1. The van der Waals surface area contributed by atoms with E-state index in [0.717, 1.165) is 35.2 Å². The van der Waals surface area contributed by atoms with E-state index in [-0.39, 0.29) is 5.82 Å². The van der Waals surface area contributed by atoms with E-state index in [0.29, 0.717) is 23.5 Å². The fourth-order valence-electron chi connectivity index (χ4n) is 2.83. The number of benzene rings is 2. The van der Waals surface area contributed by atoms with Crippen LogP contribution in [0.1, 0.15) is 25.3 Å². The highest BCUT2D eigenvalue weighted by Gasteiger charge is 2.18. The Morgan fingerprint density at radius 1 is 1.07 bits per heavy atom. The lowest BCUT2D eigenvalue weighted by atomic mass is 10.2. The van der Waals surface area contributed by atoms with Crippen molar-refractivity contribution in [3.8, 4) is 11.7 Å². The first-order valence-corrected chi connectivity index (χ1v) is 9.89. The van der Waals surface area contributed by atoms with Crippen molar-refractivity contribution in [1.29, 1.82) is 0 Å².